The van der Waals surface area contributed by atoms with Crippen LogP contribution in [0.1, 0.15) is 58.6 Å². The zero-order valence-electron chi connectivity index (χ0n) is 23.6. The fourth-order valence-electron chi connectivity index (χ4n) is 5.03. The van der Waals surface area contributed by atoms with Gasteiger partial charge in [0, 0.05) is 19.1 Å². The molecule has 1 saturated heterocycles. The van der Waals surface area contributed by atoms with E-state index in [2.05, 4.69) is 9.97 Å². The minimum atomic E-state index is -0.676. The summed E-state index contributed by atoms with van der Waals surface area (Å²) in [6.07, 6.45) is -0.485. The van der Waals surface area contributed by atoms with E-state index in [1.165, 1.54) is 4.57 Å². The van der Waals surface area contributed by atoms with E-state index in [9.17, 15) is 14.7 Å². The Kier molecular flexibility index (Phi) is 8.62. The molecule has 3 heterocycles. The predicted octanol–water partition coefficient (Wildman–Crippen LogP) is 5.98. The second-order valence-electron chi connectivity index (χ2n) is 11.4. The number of aromatic nitrogens is 3. The maximum absolute atomic E-state index is 13.9. The van der Waals surface area contributed by atoms with E-state index in [1.807, 2.05) is 45.9 Å². The third-order valence-electron chi connectivity index (χ3n) is 6.92. The highest BCUT2D eigenvalue weighted by Crippen LogP contribution is 2.40. The normalized spacial score (nSPS) is 18.1. The highest BCUT2D eigenvalue weighted by atomic mass is 35.5. The number of hydrogen-bond donors (Lipinski definition) is 1. The Bertz CT molecular complexity index is 1520. The van der Waals surface area contributed by atoms with Gasteiger partial charge in [0.05, 0.1) is 33.8 Å². The van der Waals surface area contributed by atoms with Crippen molar-refractivity contribution in [3.63, 3.8) is 0 Å². The van der Waals surface area contributed by atoms with E-state index in [1.54, 1.807) is 30.6 Å². The molecule has 1 aromatic carbocycles. The van der Waals surface area contributed by atoms with E-state index in [4.69, 9.17) is 39.5 Å². The lowest BCUT2D eigenvalue weighted by Crippen LogP contribution is -2.61. The topological polar surface area (TPSA) is 101 Å². The van der Waals surface area contributed by atoms with Gasteiger partial charge in [-0.3, -0.25) is 0 Å². The summed E-state index contributed by atoms with van der Waals surface area (Å²) in [4.78, 5) is 39.1. The summed E-state index contributed by atoms with van der Waals surface area (Å²) in [5.41, 5.74) is 1.36. The van der Waals surface area contributed by atoms with Crippen molar-refractivity contribution in [2.24, 2.45) is 0 Å². The fraction of sp³-hybridized carbons (Fsp3) is 0.500. The summed E-state index contributed by atoms with van der Waals surface area (Å²) >= 11 is 19.7. The molecular weight excluding hydrogens is 577 g/mol. The standard InChI is InChI=1S/C28H34Cl3N5O4/c1-14(2)18-10-8-9-15(3)22(18)36-25-19(20(29)21(30)23(31)32-25)24(33-26(36)38)35-11-16(4)34(12-17(35)13-37)27(39)40-28(5,6)7/h8-10,14,16-17,37H,11-13H2,1-7H3/t16-,17+/m0/s1. The fourth-order valence-corrected chi connectivity index (χ4v) is 5.65. The minimum absolute atomic E-state index is 0.0268. The van der Waals surface area contributed by atoms with Crippen LogP contribution >= 0.6 is 34.8 Å². The number of aryl methyl sites for hydroxylation is 1. The van der Waals surface area contributed by atoms with Crippen molar-refractivity contribution in [2.45, 2.75) is 72.1 Å². The number of carbonyl (C=O) groups excluding carboxylic acids is 1. The molecular formula is C28H34Cl3N5O4. The van der Waals surface area contributed by atoms with Gasteiger partial charge in [0.1, 0.15) is 11.4 Å². The van der Waals surface area contributed by atoms with Gasteiger partial charge in [0.25, 0.3) is 0 Å². The number of nitrogens with zero attached hydrogens (tertiary/aromatic N) is 5. The molecule has 1 aliphatic heterocycles. The van der Waals surface area contributed by atoms with Crippen LogP contribution in [0.3, 0.4) is 0 Å². The van der Waals surface area contributed by atoms with Crippen LogP contribution in [0.5, 0.6) is 0 Å². The maximum atomic E-state index is 13.9. The molecule has 2 atom stereocenters. The largest absolute Gasteiger partial charge is 0.444 e. The molecule has 0 saturated carbocycles. The number of amides is 1. The number of aliphatic hydroxyl groups excluding tert-OH is 1. The number of aliphatic hydroxyl groups is 1. The molecule has 40 heavy (non-hydrogen) atoms. The lowest BCUT2D eigenvalue weighted by molar-refractivity contribution is 0.0103. The molecule has 216 valence electrons. The number of pyridine rings is 1. The molecule has 4 rings (SSSR count). The molecule has 1 aliphatic rings. The number of halogens is 3. The Labute approximate surface area is 248 Å². The van der Waals surface area contributed by atoms with Crippen LogP contribution in [-0.2, 0) is 4.74 Å². The molecule has 0 aliphatic carbocycles. The van der Waals surface area contributed by atoms with Crippen LogP contribution < -0.4 is 10.6 Å². The summed E-state index contributed by atoms with van der Waals surface area (Å²) in [6, 6.07) is 4.86. The monoisotopic (exact) mass is 609 g/mol. The molecule has 1 amide bonds. The Morgan fingerprint density at radius 3 is 2.42 bits per heavy atom. The molecule has 3 aromatic rings. The second kappa shape index (κ2) is 11.4. The van der Waals surface area contributed by atoms with Gasteiger partial charge in [-0.2, -0.15) is 4.98 Å². The van der Waals surface area contributed by atoms with Crippen molar-refractivity contribution in [1.29, 1.82) is 0 Å². The molecule has 2 aromatic heterocycles. The van der Waals surface area contributed by atoms with E-state index >= 15 is 0 Å². The third-order valence-corrected chi connectivity index (χ3v) is 8.13. The van der Waals surface area contributed by atoms with Crippen LogP contribution in [0.4, 0.5) is 10.6 Å². The van der Waals surface area contributed by atoms with Crippen LogP contribution in [-0.4, -0.2) is 68.0 Å². The number of piperazine rings is 1. The molecule has 0 bridgehead atoms. The number of rotatable bonds is 4. The van der Waals surface area contributed by atoms with E-state index < -0.39 is 23.4 Å². The van der Waals surface area contributed by atoms with Gasteiger partial charge in [0.15, 0.2) is 10.8 Å². The summed E-state index contributed by atoms with van der Waals surface area (Å²) in [6.45, 7) is 13.3. The smallest absolute Gasteiger partial charge is 0.410 e. The van der Waals surface area contributed by atoms with Crippen molar-refractivity contribution in [3.8, 4) is 5.69 Å². The van der Waals surface area contributed by atoms with Gasteiger partial charge in [-0.1, -0.05) is 66.8 Å². The van der Waals surface area contributed by atoms with Gasteiger partial charge in [-0.15, -0.1) is 0 Å². The second-order valence-corrected chi connectivity index (χ2v) is 12.5. The molecule has 12 heteroatoms. The van der Waals surface area contributed by atoms with Crippen molar-refractivity contribution < 1.29 is 14.6 Å². The summed E-state index contributed by atoms with van der Waals surface area (Å²) in [7, 11) is 0. The lowest BCUT2D eigenvalue weighted by atomic mass is 9.98. The summed E-state index contributed by atoms with van der Waals surface area (Å²) in [5.74, 6) is 0.303. The lowest BCUT2D eigenvalue weighted by Gasteiger charge is -2.45. The molecule has 0 spiro atoms. The van der Waals surface area contributed by atoms with Crippen molar-refractivity contribution in [1.82, 2.24) is 19.4 Å². The number of hydrogen-bond acceptors (Lipinski definition) is 7. The molecule has 0 radical (unpaired) electrons. The maximum Gasteiger partial charge on any atom is 0.410 e. The Morgan fingerprint density at radius 1 is 1.15 bits per heavy atom. The van der Waals surface area contributed by atoms with Crippen LogP contribution in [0, 0.1) is 6.92 Å². The van der Waals surface area contributed by atoms with Gasteiger partial charge in [0.2, 0.25) is 0 Å². The zero-order chi connectivity index (χ0) is 29.7. The molecule has 1 N–H and O–H groups in total. The van der Waals surface area contributed by atoms with Gasteiger partial charge >= 0.3 is 11.8 Å². The number of anilines is 1. The Balaban J connectivity index is 1.95. The van der Waals surface area contributed by atoms with E-state index in [0.717, 1.165) is 11.1 Å². The number of benzene rings is 1. The minimum Gasteiger partial charge on any atom is -0.444 e. The Hall–Kier alpha value is -2.59. The molecule has 1 fully saturated rings. The van der Waals surface area contributed by atoms with Crippen LogP contribution in [0.15, 0.2) is 23.0 Å². The number of para-hydroxylation sites is 1. The average molecular weight is 611 g/mol. The number of ether oxygens (including phenoxy) is 1. The first kappa shape index (κ1) is 30.4. The first-order chi connectivity index (χ1) is 18.7. The SMILES string of the molecule is Cc1cccc(C(C)C)c1-n1c(=O)nc(N2C[C@H](C)N(C(=O)OC(C)(C)C)C[C@@H]2CO)c2c(Cl)c(Cl)c(Cl)nc21. The number of fused-ring (bicyclic) bond motifs is 1. The van der Waals surface area contributed by atoms with Gasteiger partial charge in [-0.05, 0) is 51.7 Å². The number of carbonyl (C=O) groups is 1. The van der Waals surface area contributed by atoms with Gasteiger partial charge in [-0.25, -0.2) is 19.1 Å². The average Bonchev–Trinajstić information content (AvgIpc) is 2.86. The van der Waals surface area contributed by atoms with E-state index in [-0.39, 0.29) is 58.3 Å². The predicted molar refractivity (Wildman–Crippen MR) is 160 cm³/mol. The first-order valence-electron chi connectivity index (χ1n) is 13.1. The Morgan fingerprint density at radius 2 is 1.82 bits per heavy atom. The highest BCUT2D eigenvalue weighted by molar-refractivity contribution is 6.50. The molecule has 0 unspecified atom stereocenters. The first-order valence-corrected chi connectivity index (χ1v) is 14.2. The zero-order valence-corrected chi connectivity index (χ0v) is 25.9. The van der Waals surface area contributed by atoms with Crippen molar-refractivity contribution >= 4 is 57.7 Å². The highest BCUT2D eigenvalue weighted by Gasteiger charge is 2.38. The van der Waals surface area contributed by atoms with Crippen molar-refractivity contribution in [3.05, 3.63) is 55.0 Å². The van der Waals surface area contributed by atoms with E-state index in [0.29, 0.717) is 11.1 Å². The third kappa shape index (κ3) is 5.62. The summed E-state index contributed by atoms with van der Waals surface area (Å²) < 4.78 is 7.00. The van der Waals surface area contributed by atoms with Crippen LogP contribution in [0.2, 0.25) is 15.2 Å². The van der Waals surface area contributed by atoms with Gasteiger partial charge < -0.3 is 19.6 Å². The molecule has 9 nitrogen and oxygen atoms in total. The van der Waals surface area contributed by atoms with Crippen molar-refractivity contribution in [2.75, 3.05) is 24.6 Å². The summed E-state index contributed by atoms with van der Waals surface area (Å²) in [5, 5.41) is 10.8. The van der Waals surface area contributed by atoms with Crippen LogP contribution in [0.25, 0.3) is 16.7 Å². The quantitative estimate of drug-likeness (QED) is 0.363.